The lowest BCUT2D eigenvalue weighted by molar-refractivity contribution is 0.102. The van der Waals surface area contributed by atoms with Crippen molar-refractivity contribution >= 4 is 34.9 Å². The fraction of sp³-hybridized carbons (Fsp3) is 0. The van der Waals surface area contributed by atoms with Gasteiger partial charge in [0.1, 0.15) is 0 Å². The second kappa shape index (κ2) is 6.23. The van der Waals surface area contributed by atoms with Crippen LogP contribution < -0.4 is 16.4 Å². The highest BCUT2D eigenvalue weighted by Crippen LogP contribution is 2.22. The van der Waals surface area contributed by atoms with Crippen molar-refractivity contribution in [3.05, 3.63) is 58.9 Å². The molecule has 0 fully saturated rings. The minimum absolute atomic E-state index is 0.0271. The van der Waals surface area contributed by atoms with Crippen LogP contribution >= 0.6 is 11.6 Å². The van der Waals surface area contributed by atoms with Gasteiger partial charge in [-0.2, -0.15) is 0 Å². The summed E-state index contributed by atoms with van der Waals surface area (Å²) >= 11 is 5.64. The summed E-state index contributed by atoms with van der Waals surface area (Å²) in [5, 5.41) is 4.67. The van der Waals surface area contributed by atoms with Gasteiger partial charge < -0.3 is 16.4 Å². The Bertz CT molecular complexity index is 706. The number of anilines is 2. The van der Waals surface area contributed by atoms with Crippen molar-refractivity contribution in [3.63, 3.8) is 0 Å². The first-order valence-electron chi connectivity index (χ1n) is 5.89. The molecule has 0 saturated carbocycles. The van der Waals surface area contributed by atoms with Gasteiger partial charge in [0, 0.05) is 11.3 Å². The largest absolute Gasteiger partial charge is 0.351 e. The van der Waals surface area contributed by atoms with Crippen molar-refractivity contribution in [1.29, 1.82) is 0 Å². The van der Waals surface area contributed by atoms with E-state index in [4.69, 9.17) is 17.3 Å². The maximum absolute atomic E-state index is 13.7. The summed E-state index contributed by atoms with van der Waals surface area (Å²) in [6, 6.07) is 9.62. The number of carbonyl (C=O) groups is 2. The molecule has 0 atom stereocenters. The third kappa shape index (κ3) is 3.70. The fourth-order valence-electron chi connectivity index (χ4n) is 1.68. The Morgan fingerprint density at radius 2 is 1.81 bits per heavy atom. The number of carbonyl (C=O) groups excluding carboxylic acids is 2. The summed E-state index contributed by atoms with van der Waals surface area (Å²) in [5.74, 6) is -1.25. The predicted octanol–water partition coefficient (Wildman–Crippen LogP) is 3.22. The van der Waals surface area contributed by atoms with Crippen LogP contribution in [0.5, 0.6) is 0 Å². The van der Waals surface area contributed by atoms with Crippen molar-refractivity contribution in [1.82, 2.24) is 0 Å². The summed E-state index contributed by atoms with van der Waals surface area (Å²) < 4.78 is 13.7. The van der Waals surface area contributed by atoms with E-state index in [2.05, 4.69) is 10.6 Å². The van der Waals surface area contributed by atoms with E-state index in [-0.39, 0.29) is 16.3 Å². The molecule has 0 unspecified atom stereocenters. The molecule has 0 aliphatic heterocycles. The number of hydrogen-bond donors (Lipinski definition) is 3. The Labute approximate surface area is 124 Å². The zero-order valence-electron chi connectivity index (χ0n) is 10.7. The van der Waals surface area contributed by atoms with E-state index < -0.39 is 17.8 Å². The van der Waals surface area contributed by atoms with Gasteiger partial charge in [0.15, 0.2) is 5.82 Å². The molecule has 5 nitrogen and oxygen atoms in total. The number of rotatable bonds is 3. The molecule has 0 spiro atoms. The topological polar surface area (TPSA) is 84.2 Å². The maximum Gasteiger partial charge on any atom is 0.316 e. The highest BCUT2D eigenvalue weighted by atomic mass is 35.5. The first-order chi connectivity index (χ1) is 9.97. The Kier molecular flexibility index (Phi) is 4.39. The van der Waals surface area contributed by atoms with Gasteiger partial charge in [-0.25, -0.2) is 9.18 Å². The number of benzene rings is 2. The van der Waals surface area contributed by atoms with E-state index in [0.29, 0.717) is 5.69 Å². The number of halogens is 2. The van der Waals surface area contributed by atoms with Gasteiger partial charge in [0.25, 0.3) is 5.91 Å². The van der Waals surface area contributed by atoms with Crippen LogP contribution in [-0.4, -0.2) is 11.9 Å². The van der Waals surface area contributed by atoms with Gasteiger partial charge in [0.2, 0.25) is 0 Å². The summed E-state index contributed by atoms with van der Waals surface area (Å²) in [4.78, 5) is 22.8. The molecule has 0 aliphatic carbocycles. The molecule has 2 rings (SSSR count). The van der Waals surface area contributed by atoms with E-state index >= 15 is 0 Å². The lowest BCUT2D eigenvalue weighted by Gasteiger charge is -2.08. The van der Waals surface area contributed by atoms with Crippen molar-refractivity contribution in [2.45, 2.75) is 0 Å². The molecular weight excluding hydrogens is 297 g/mol. The van der Waals surface area contributed by atoms with Crippen LogP contribution in [0.3, 0.4) is 0 Å². The molecule has 7 heteroatoms. The molecular formula is C14H11ClFN3O2. The van der Waals surface area contributed by atoms with Gasteiger partial charge in [0.05, 0.1) is 10.7 Å². The van der Waals surface area contributed by atoms with Gasteiger partial charge in [-0.3, -0.25) is 4.79 Å². The molecule has 108 valence electrons. The van der Waals surface area contributed by atoms with Crippen LogP contribution in [0, 0.1) is 5.82 Å². The number of nitrogens with two attached hydrogens (primary N) is 1. The Hall–Kier alpha value is -2.60. The standard InChI is InChI=1S/C14H11ClFN3O2/c15-10-5-2-6-11(12(10)16)19-13(20)8-3-1-4-9(7-8)18-14(17)21/h1-7H,(H,19,20)(H3,17,18,21). The molecule has 0 bridgehead atoms. The highest BCUT2D eigenvalue weighted by molar-refractivity contribution is 6.31. The molecule has 21 heavy (non-hydrogen) atoms. The molecule has 0 aliphatic rings. The summed E-state index contributed by atoms with van der Waals surface area (Å²) in [6.45, 7) is 0. The van der Waals surface area contributed by atoms with Crippen LogP contribution in [0.4, 0.5) is 20.6 Å². The molecule has 0 radical (unpaired) electrons. The van der Waals surface area contributed by atoms with Gasteiger partial charge in [-0.05, 0) is 30.3 Å². The van der Waals surface area contributed by atoms with Gasteiger partial charge >= 0.3 is 6.03 Å². The highest BCUT2D eigenvalue weighted by Gasteiger charge is 2.12. The summed E-state index contributed by atoms with van der Waals surface area (Å²) in [5.41, 5.74) is 5.57. The van der Waals surface area contributed by atoms with Crippen LogP contribution in [-0.2, 0) is 0 Å². The lowest BCUT2D eigenvalue weighted by Crippen LogP contribution is -2.20. The SMILES string of the molecule is NC(=O)Nc1cccc(C(=O)Nc2cccc(Cl)c2F)c1. The zero-order chi connectivity index (χ0) is 15.4. The van der Waals surface area contributed by atoms with Crippen molar-refractivity contribution in [2.24, 2.45) is 5.73 Å². The second-order valence-corrected chi connectivity index (χ2v) is 4.53. The average Bonchev–Trinajstić information content (AvgIpc) is 2.43. The van der Waals surface area contributed by atoms with E-state index in [1.807, 2.05) is 0 Å². The van der Waals surface area contributed by atoms with Crippen molar-refractivity contribution in [3.8, 4) is 0 Å². The second-order valence-electron chi connectivity index (χ2n) is 4.13. The van der Waals surface area contributed by atoms with E-state index in [9.17, 15) is 14.0 Å². The molecule has 3 amide bonds. The van der Waals surface area contributed by atoms with Crippen LogP contribution in [0.15, 0.2) is 42.5 Å². The average molecular weight is 308 g/mol. The Balaban J connectivity index is 2.20. The smallest absolute Gasteiger partial charge is 0.316 e. The molecule has 0 aromatic heterocycles. The number of amides is 3. The molecule has 2 aromatic carbocycles. The first kappa shape index (κ1) is 14.8. The zero-order valence-corrected chi connectivity index (χ0v) is 11.4. The van der Waals surface area contributed by atoms with E-state index in [1.54, 1.807) is 12.1 Å². The quantitative estimate of drug-likeness (QED) is 0.813. The van der Waals surface area contributed by atoms with E-state index in [1.165, 1.54) is 30.3 Å². The first-order valence-corrected chi connectivity index (χ1v) is 6.27. The number of urea groups is 1. The predicted molar refractivity (Wildman–Crippen MR) is 79.0 cm³/mol. The maximum atomic E-state index is 13.7. The van der Waals surface area contributed by atoms with Crippen molar-refractivity contribution < 1.29 is 14.0 Å². The number of nitrogens with one attached hydrogen (secondary N) is 2. The molecule has 0 saturated heterocycles. The third-order valence-corrected chi connectivity index (χ3v) is 2.88. The number of hydrogen-bond acceptors (Lipinski definition) is 2. The monoisotopic (exact) mass is 307 g/mol. The number of primary amides is 1. The van der Waals surface area contributed by atoms with Crippen LogP contribution in [0.25, 0.3) is 0 Å². The minimum Gasteiger partial charge on any atom is -0.351 e. The molecule has 4 N–H and O–H groups in total. The Morgan fingerprint density at radius 1 is 1.10 bits per heavy atom. The Morgan fingerprint density at radius 3 is 2.52 bits per heavy atom. The normalized spacial score (nSPS) is 10.0. The summed E-state index contributed by atoms with van der Waals surface area (Å²) in [7, 11) is 0. The van der Waals surface area contributed by atoms with Crippen molar-refractivity contribution in [2.75, 3.05) is 10.6 Å². The van der Waals surface area contributed by atoms with Crippen LogP contribution in [0.1, 0.15) is 10.4 Å². The van der Waals surface area contributed by atoms with E-state index in [0.717, 1.165) is 0 Å². The van der Waals surface area contributed by atoms with Gasteiger partial charge in [-0.15, -0.1) is 0 Å². The summed E-state index contributed by atoms with van der Waals surface area (Å²) in [6.07, 6.45) is 0. The van der Waals surface area contributed by atoms with Gasteiger partial charge in [-0.1, -0.05) is 23.7 Å². The fourth-order valence-corrected chi connectivity index (χ4v) is 1.85. The molecule has 2 aromatic rings. The lowest BCUT2D eigenvalue weighted by atomic mass is 10.2. The third-order valence-electron chi connectivity index (χ3n) is 2.59. The van der Waals surface area contributed by atoms with Crippen LogP contribution in [0.2, 0.25) is 5.02 Å². The molecule has 0 heterocycles. The minimum atomic E-state index is -0.742.